The van der Waals surface area contributed by atoms with Crippen LogP contribution in [-0.2, 0) is 17.9 Å². The third-order valence-corrected chi connectivity index (χ3v) is 2.44. The molecule has 0 saturated carbocycles. The molecular formula is C9H9N3O2. The summed E-state index contributed by atoms with van der Waals surface area (Å²) < 4.78 is 4.89. The van der Waals surface area contributed by atoms with Crippen LogP contribution >= 0.6 is 0 Å². The van der Waals surface area contributed by atoms with Gasteiger partial charge in [-0.05, 0) is 6.07 Å². The van der Waals surface area contributed by atoms with E-state index in [2.05, 4.69) is 15.6 Å². The van der Waals surface area contributed by atoms with Crippen molar-refractivity contribution in [2.24, 2.45) is 0 Å². The van der Waals surface area contributed by atoms with Gasteiger partial charge in [-0.3, -0.25) is 5.32 Å². The van der Waals surface area contributed by atoms with E-state index in [1.54, 1.807) is 0 Å². The molecule has 3 heterocycles. The first-order chi connectivity index (χ1) is 6.84. The number of nitrogens with zero attached hydrogens (tertiary/aromatic N) is 1. The van der Waals surface area contributed by atoms with Crippen molar-refractivity contribution in [3.05, 3.63) is 22.9 Å². The van der Waals surface area contributed by atoms with Gasteiger partial charge < -0.3 is 10.1 Å². The largest absolute Gasteiger partial charge is 0.455 e. The number of esters is 1. The summed E-state index contributed by atoms with van der Waals surface area (Å²) in [5, 5.41) is 6.26. The summed E-state index contributed by atoms with van der Waals surface area (Å²) >= 11 is 0. The predicted molar refractivity (Wildman–Crippen MR) is 48.7 cm³/mol. The molecule has 0 saturated heterocycles. The number of fused-ring (bicyclic) bond motifs is 2. The SMILES string of the molecule is O=C1OCc2nc3c(cc21)CNCN3. The zero-order valence-corrected chi connectivity index (χ0v) is 7.46. The molecule has 0 fully saturated rings. The smallest absolute Gasteiger partial charge is 0.340 e. The fourth-order valence-corrected chi connectivity index (χ4v) is 1.72. The highest BCUT2D eigenvalue weighted by atomic mass is 16.5. The number of carbonyl (C=O) groups excluding carboxylic acids is 1. The quantitative estimate of drug-likeness (QED) is 0.574. The second-order valence-corrected chi connectivity index (χ2v) is 3.35. The summed E-state index contributed by atoms with van der Waals surface area (Å²) in [4.78, 5) is 15.6. The van der Waals surface area contributed by atoms with Crippen LogP contribution in [0.5, 0.6) is 0 Å². The number of ether oxygens (including phenoxy) is 1. The average Bonchev–Trinajstić information content (AvgIpc) is 2.57. The molecule has 0 amide bonds. The van der Waals surface area contributed by atoms with Crippen LogP contribution in [0, 0.1) is 0 Å². The summed E-state index contributed by atoms with van der Waals surface area (Å²) in [5.74, 6) is 0.599. The fourth-order valence-electron chi connectivity index (χ4n) is 1.72. The normalized spacial score (nSPS) is 18.1. The number of hydrogen-bond donors (Lipinski definition) is 2. The first-order valence-electron chi connectivity index (χ1n) is 4.49. The van der Waals surface area contributed by atoms with E-state index in [1.165, 1.54) is 0 Å². The number of anilines is 1. The monoisotopic (exact) mass is 191 g/mol. The molecule has 1 aromatic heterocycles. The molecule has 0 unspecified atom stereocenters. The minimum absolute atomic E-state index is 0.263. The van der Waals surface area contributed by atoms with Crippen LogP contribution in [0.15, 0.2) is 6.07 Å². The van der Waals surface area contributed by atoms with E-state index in [0.29, 0.717) is 18.8 Å². The van der Waals surface area contributed by atoms with Gasteiger partial charge in [-0.1, -0.05) is 0 Å². The van der Waals surface area contributed by atoms with Crippen LogP contribution in [0.2, 0.25) is 0 Å². The number of carbonyl (C=O) groups is 1. The zero-order chi connectivity index (χ0) is 9.54. The van der Waals surface area contributed by atoms with Gasteiger partial charge in [0.1, 0.15) is 12.4 Å². The Bertz CT molecular complexity index is 417. The first-order valence-corrected chi connectivity index (χ1v) is 4.49. The molecule has 0 bridgehead atoms. The number of hydrogen-bond acceptors (Lipinski definition) is 5. The van der Waals surface area contributed by atoms with Crippen molar-refractivity contribution in [1.29, 1.82) is 0 Å². The average molecular weight is 191 g/mol. The van der Waals surface area contributed by atoms with Crippen molar-refractivity contribution in [3.63, 3.8) is 0 Å². The van der Waals surface area contributed by atoms with E-state index >= 15 is 0 Å². The van der Waals surface area contributed by atoms with E-state index in [9.17, 15) is 4.79 Å². The van der Waals surface area contributed by atoms with Crippen molar-refractivity contribution in [2.75, 3.05) is 12.0 Å². The summed E-state index contributed by atoms with van der Waals surface area (Å²) in [6.45, 7) is 1.76. The van der Waals surface area contributed by atoms with Gasteiger partial charge >= 0.3 is 5.97 Å². The second kappa shape index (κ2) is 2.68. The predicted octanol–water partition coefficient (Wildman–Crippen LogP) is 0.225. The van der Waals surface area contributed by atoms with Crippen LogP contribution in [0.3, 0.4) is 0 Å². The van der Waals surface area contributed by atoms with E-state index in [-0.39, 0.29) is 5.97 Å². The molecule has 0 aliphatic carbocycles. The Morgan fingerprint density at radius 1 is 1.50 bits per heavy atom. The van der Waals surface area contributed by atoms with Gasteiger partial charge in [-0.25, -0.2) is 9.78 Å². The molecule has 2 N–H and O–H groups in total. The first kappa shape index (κ1) is 7.75. The highest BCUT2D eigenvalue weighted by Crippen LogP contribution is 2.24. The number of pyridine rings is 1. The topological polar surface area (TPSA) is 63.2 Å². The Hall–Kier alpha value is -1.62. The Morgan fingerprint density at radius 3 is 3.36 bits per heavy atom. The Kier molecular flexibility index (Phi) is 1.49. The lowest BCUT2D eigenvalue weighted by atomic mass is 10.1. The van der Waals surface area contributed by atoms with E-state index in [4.69, 9.17) is 4.74 Å². The van der Waals surface area contributed by atoms with Gasteiger partial charge in [0.05, 0.1) is 17.9 Å². The molecule has 72 valence electrons. The minimum Gasteiger partial charge on any atom is -0.455 e. The third kappa shape index (κ3) is 0.990. The third-order valence-electron chi connectivity index (χ3n) is 2.44. The summed E-state index contributed by atoms with van der Waals surface area (Å²) in [6, 6.07) is 1.85. The lowest BCUT2D eigenvalue weighted by molar-refractivity contribution is 0.0533. The maximum absolute atomic E-state index is 11.2. The lowest BCUT2D eigenvalue weighted by Gasteiger charge is -2.18. The maximum Gasteiger partial charge on any atom is 0.340 e. The Labute approximate surface area is 80.5 Å². The second-order valence-electron chi connectivity index (χ2n) is 3.35. The Balaban J connectivity index is 2.15. The van der Waals surface area contributed by atoms with E-state index < -0.39 is 0 Å². The van der Waals surface area contributed by atoms with Gasteiger partial charge in [-0.2, -0.15) is 0 Å². The molecule has 0 atom stereocenters. The number of rotatable bonds is 0. The highest BCUT2D eigenvalue weighted by molar-refractivity contribution is 5.93. The maximum atomic E-state index is 11.2. The van der Waals surface area contributed by atoms with Gasteiger partial charge in [0.25, 0.3) is 0 Å². The van der Waals surface area contributed by atoms with Crippen LogP contribution in [-0.4, -0.2) is 17.6 Å². The van der Waals surface area contributed by atoms with Gasteiger partial charge in [0.2, 0.25) is 0 Å². The highest BCUT2D eigenvalue weighted by Gasteiger charge is 2.25. The standard InChI is InChI=1S/C9H9N3O2/c13-9-6-1-5-2-10-4-11-8(5)12-7(6)3-14-9/h1,10H,2-4H2,(H,11,12). The van der Waals surface area contributed by atoms with Crippen molar-refractivity contribution in [1.82, 2.24) is 10.3 Å². The van der Waals surface area contributed by atoms with Gasteiger partial charge in [-0.15, -0.1) is 0 Å². The van der Waals surface area contributed by atoms with Gasteiger partial charge in [0, 0.05) is 12.1 Å². The van der Waals surface area contributed by atoms with Crippen LogP contribution in [0.1, 0.15) is 21.6 Å². The molecule has 1 aromatic rings. The van der Waals surface area contributed by atoms with Crippen LogP contribution in [0.4, 0.5) is 5.82 Å². The number of cyclic esters (lactones) is 1. The molecule has 0 radical (unpaired) electrons. The summed E-state index contributed by atoms with van der Waals surface area (Å²) in [5.41, 5.74) is 2.37. The molecule has 0 aromatic carbocycles. The van der Waals surface area contributed by atoms with E-state index in [1.807, 2.05) is 6.07 Å². The zero-order valence-electron chi connectivity index (χ0n) is 7.46. The molecule has 0 spiro atoms. The molecule has 14 heavy (non-hydrogen) atoms. The molecule has 2 aliphatic rings. The molecule has 5 heteroatoms. The summed E-state index contributed by atoms with van der Waals surface area (Å²) in [6.07, 6.45) is 0. The van der Waals surface area contributed by atoms with Crippen molar-refractivity contribution < 1.29 is 9.53 Å². The fraction of sp³-hybridized carbons (Fsp3) is 0.333. The van der Waals surface area contributed by atoms with Crippen LogP contribution < -0.4 is 10.6 Å². The lowest BCUT2D eigenvalue weighted by Crippen LogP contribution is -2.28. The summed E-state index contributed by atoms with van der Waals surface area (Å²) in [7, 11) is 0. The number of aromatic nitrogens is 1. The molecular weight excluding hydrogens is 182 g/mol. The Morgan fingerprint density at radius 2 is 2.43 bits per heavy atom. The van der Waals surface area contributed by atoms with Crippen molar-refractivity contribution in [2.45, 2.75) is 13.2 Å². The van der Waals surface area contributed by atoms with Crippen LogP contribution in [0.25, 0.3) is 0 Å². The van der Waals surface area contributed by atoms with Crippen molar-refractivity contribution >= 4 is 11.8 Å². The molecule has 3 rings (SSSR count). The molecule has 5 nitrogen and oxygen atoms in total. The molecule has 2 aliphatic heterocycles. The van der Waals surface area contributed by atoms with E-state index in [0.717, 1.165) is 23.6 Å². The van der Waals surface area contributed by atoms with Crippen molar-refractivity contribution in [3.8, 4) is 0 Å². The van der Waals surface area contributed by atoms with Gasteiger partial charge in [0.15, 0.2) is 0 Å². The number of nitrogens with one attached hydrogen (secondary N) is 2. The minimum atomic E-state index is -0.263.